The van der Waals surface area contributed by atoms with Crippen LogP contribution in [0.3, 0.4) is 0 Å². The van der Waals surface area contributed by atoms with Gasteiger partial charge in [0.15, 0.2) is 0 Å². The van der Waals surface area contributed by atoms with Crippen molar-refractivity contribution in [1.82, 2.24) is 0 Å². The maximum Gasteiger partial charge on any atom is -0.00201 e. The van der Waals surface area contributed by atoms with E-state index in [0.717, 1.165) is 0 Å². The standard InChI is InChI=1S/C50H32.C48H30.C44H28/c1-2-14-33(15-3-1)38-18-8-9-21-41(38)50-44-24-12-10-22-42(44)49(43-23-11-13-25-45(43)50)36-28-26-35(27-29-36)48-40-20-7-5-17-37(40)32-47-39-19-6-4-16-34(39)30-31-46(47)48;1-2-13-35-29-37(26-21-31(35)11-1)48-42-19-9-7-17-40(42)47(41-18-8-10-20-43(41)48)34-24-22-33(23-25-34)46-39-16-6-4-14-36(39)30-45-38-15-5-3-12-32(38)27-28-44(45)46;1-2-13-30(14-3-1)43-36-18-8-10-20-38(36)44(39-21-11-9-19-37(39)43)32-24-22-31(23-25-32)42-35-17-7-5-15-33(35)28-41-34-16-6-4-12-29(34)26-27-40(41)42/h1-32H;1-30H;1-28H. The van der Waals surface area contributed by atoms with Crippen LogP contribution in [0.1, 0.15) is 0 Å². The van der Waals surface area contributed by atoms with Gasteiger partial charge in [0.1, 0.15) is 0 Å². The smallest absolute Gasteiger partial charge is 0.00201 e. The second-order valence-electron chi connectivity index (χ2n) is 37.7. The fourth-order valence-electron chi connectivity index (χ4n) is 23.6. The number of rotatable bonds is 10. The Labute approximate surface area is 823 Å². The van der Waals surface area contributed by atoms with Crippen LogP contribution < -0.4 is 0 Å². The van der Waals surface area contributed by atoms with E-state index in [1.165, 1.54) is 284 Å². The van der Waals surface area contributed by atoms with Gasteiger partial charge in [0, 0.05) is 0 Å². The zero-order valence-corrected chi connectivity index (χ0v) is 78.0. The molecule has 0 atom stereocenters. The van der Waals surface area contributed by atoms with Crippen molar-refractivity contribution in [3.63, 3.8) is 0 Å². The van der Waals surface area contributed by atoms with Crippen LogP contribution in [-0.4, -0.2) is 0 Å². The van der Waals surface area contributed by atoms with Gasteiger partial charge in [0.2, 0.25) is 0 Å². The van der Waals surface area contributed by atoms with Crippen molar-refractivity contribution in [1.29, 1.82) is 0 Å². The lowest BCUT2D eigenvalue weighted by atomic mass is 9.83. The van der Waals surface area contributed by atoms with E-state index < -0.39 is 0 Å². The van der Waals surface area contributed by atoms with Gasteiger partial charge in [-0.3, -0.25) is 0 Å². The lowest BCUT2D eigenvalue weighted by molar-refractivity contribution is 1.60. The van der Waals surface area contributed by atoms with E-state index in [4.69, 9.17) is 0 Å². The largest absolute Gasteiger partial charge is 0.0622 e. The van der Waals surface area contributed by atoms with Crippen LogP contribution >= 0.6 is 0 Å². The van der Waals surface area contributed by atoms with Crippen LogP contribution in [0.5, 0.6) is 0 Å². The van der Waals surface area contributed by atoms with Crippen LogP contribution in [0.25, 0.3) is 284 Å². The van der Waals surface area contributed by atoms with E-state index in [1.54, 1.807) is 0 Å². The molecule has 0 aliphatic rings. The van der Waals surface area contributed by atoms with E-state index in [-0.39, 0.29) is 0 Å². The first kappa shape index (κ1) is 83.0. The maximum atomic E-state index is 2.36. The summed E-state index contributed by atoms with van der Waals surface area (Å²) in [6.45, 7) is 0. The molecule has 0 radical (unpaired) electrons. The summed E-state index contributed by atoms with van der Waals surface area (Å²) in [6.07, 6.45) is 0. The molecule has 0 amide bonds. The van der Waals surface area contributed by atoms with Gasteiger partial charge in [0.25, 0.3) is 0 Å². The van der Waals surface area contributed by atoms with Crippen molar-refractivity contribution in [2.24, 2.45) is 0 Å². The highest BCUT2D eigenvalue weighted by Crippen LogP contribution is 2.52. The highest BCUT2D eigenvalue weighted by Gasteiger charge is 2.25. The average molecular weight is 1800 g/mol. The highest BCUT2D eigenvalue weighted by atomic mass is 14.3. The SMILES string of the molecule is c1ccc(-c2c3ccccc3c(-c3ccc(-c4c5ccccc5cc5c4ccc4ccccc45)cc3)c3ccccc23)cc1.c1ccc(-c2ccccc2-c2c3ccccc3c(-c3ccc(-c4c5ccccc5cc5c4ccc4ccccc45)cc3)c3ccccc23)cc1.c1ccc2cc(-c3c4ccccc4c(-c4ccc(-c5c6ccccc6cc6c5ccc5ccccc56)cc4)c4ccccc34)ccc2c1. The minimum absolute atomic E-state index is 1.22. The molecule has 0 saturated carbocycles. The molecule has 0 heterocycles. The molecule has 0 unspecified atom stereocenters. The Morgan fingerprint density at radius 1 is 0.0704 bits per heavy atom. The van der Waals surface area contributed by atoms with Crippen LogP contribution in [-0.2, 0) is 0 Å². The number of hydrogen-bond acceptors (Lipinski definition) is 0. The van der Waals surface area contributed by atoms with Crippen LogP contribution in [0.15, 0.2) is 546 Å². The first-order chi connectivity index (χ1) is 70.5. The van der Waals surface area contributed by atoms with Gasteiger partial charge in [-0.1, -0.05) is 522 Å². The topological polar surface area (TPSA) is 0 Å². The second-order valence-corrected chi connectivity index (χ2v) is 37.7. The molecular formula is C142H90. The molecule has 0 aliphatic carbocycles. The molecule has 29 aromatic carbocycles. The number of fused-ring (bicyclic) bond motifs is 19. The summed E-state index contributed by atoms with van der Waals surface area (Å²) in [7, 11) is 0. The van der Waals surface area contributed by atoms with Crippen molar-refractivity contribution >= 4 is 172 Å². The minimum atomic E-state index is 1.22. The van der Waals surface area contributed by atoms with Crippen LogP contribution in [0.4, 0.5) is 0 Å². The fourth-order valence-corrected chi connectivity index (χ4v) is 23.6. The maximum absolute atomic E-state index is 2.36. The average Bonchev–Trinajstić information content (AvgIpc) is 0.573. The van der Waals surface area contributed by atoms with Crippen molar-refractivity contribution in [2.75, 3.05) is 0 Å². The molecule has 0 bridgehead atoms. The summed E-state index contributed by atoms with van der Waals surface area (Å²) in [6, 6.07) is 201. The molecule has 0 aromatic heterocycles. The molecule has 142 heavy (non-hydrogen) atoms. The Bertz CT molecular complexity index is 9960. The van der Waals surface area contributed by atoms with Crippen molar-refractivity contribution in [3.8, 4) is 111 Å². The van der Waals surface area contributed by atoms with E-state index in [9.17, 15) is 0 Å². The highest BCUT2D eigenvalue weighted by molar-refractivity contribution is 6.29. The molecule has 0 fully saturated rings. The lowest BCUT2D eigenvalue weighted by Gasteiger charge is -2.20. The summed E-state index contributed by atoms with van der Waals surface area (Å²) >= 11 is 0. The van der Waals surface area contributed by atoms with Gasteiger partial charge < -0.3 is 0 Å². The molecule has 29 rings (SSSR count). The Morgan fingerprint density at radius 2 is 0.254 bits per heavy atom. The molecule has 0 spiro atoms. The zero-order valence-electron chi connectivity index (χ0n) is 78.0. The van der Waals surface area contributed by atoms with Gasteiger partial charge in [-0.05, 0) is 308 Å². The molecule has 0 heteroatoms. The predicted molar refractivity (Wildman–Crippen MR) is 614 cm³/mol. The fraction of sp³-hybridized carbons (Fsp3) is 0. The van der Waals surface area contributed by atoms with Crippen molar-refractivity contribution in [2.45, 2.75) is 0 Å². The summed E-state index contributed by atoms with van der Waals surface area (Å²) in [5.74, 6) is 0. The summed E-state index contributed by atoms with van der Waals surface area (Å²) in [4.78, 5) is 0. The number of benzene rings is 29. The van der Waals surface area contributed by atoms with Gasteiger partial charge in [0.05, 0.1) is 0 Å². The minimum Gasteiger partial charge on any atom is -0.0622 e. The van der Waals surface area contributed by atoms with Gasteiger partial charge in [-0.2, -0.15) is 0 Å². The first-order valence-electron chi connectivity index (χ1n) is 49.3. The summed E-state index contributed by atoms with van der Waals surface area (Å²) in [5.41, 5.74) is 25.2. The summed E-state index contributed by atoms with van der Waals surface area (Å²) < 4.78 is 0. The Hall–Kier alpha value is -18.5. The van der Waals surface area contributed by atoms with Crippen molar-refractivity contribution in [3.05, 3.63) is 546 Å². The molecule has 29 aromatic rings. The third kappa shape index (κ3) is 14.1. The van der Waals surface area contributed by atoms with E-state index in [1.807, 2.05) is 0 Å². The molecular weight excluding hydrogens is 1710 g/mol. The first-order valence-corrected chi connectivity index (χ1v) is 49.3. The van der Waals surface area contributed by atoms with E-state index >= 15 is 0 Å². The second kappa shape index (κ2) is 35.0. The Morgan fingerprint density at radius 3 is 0.556 bits per heavy atom. The lowest BCUT2D eigenvalue weighted by Crippen LogP contribution is -1.93. The molecule has 0 nitrogen and oxygen atoms in total. The molecule has 658 valence electrons. The summed E-state index contributed by atoms with van der Waals surface area (Å²) in [5, 5.41) is 40.9. The van der Waals surface area contributed by atoms with E-state index in [2.05, 4.69) is 546 Å². The van der Waals surface area contributed by atoms with E-state index in [0.29, 0.717) is 0 Å². The van der Waals surface area contributed by atoms with Gasteiger partial charge in [-0.25, -0.2) is 0 Å². The van der Waals surface area contributed by atoms with Crippen molar-refractivity contribution < 1.29 is 0 Å². The van der Waals surface area contributed by atoms with Crippen LogP contribution in [0, 0.1) is 0 Å². The molecule has 0 saturated heterocycles. The number of hydrogen-bond donors (Lipinski definition) is 0. The van der Waals surface area contributed by atoms with Crippen LogP contribution in [0.2, 0.25) is 0 Å². The predicted octanol–water partition coefficient (Wildman–Crippen LogP) is 40.2. The third-order valence-corrected chi connectivity index (χ3v) is 29.9. The molecule has 0 aliphatic heterocycles. The third-order valence-electron chi connectivity index (χ3n) is 29.9. The normalized spacial score (nSPS) is 11.7. The Kier molecular flexibility index (Phi) is 20.4. The quantitative estimate of drug-likeness (QED) is 0.0946. The van der Waals surface area contributed by atoms with Gasteiger partial charge >= 0.3 is 0 Å². The monoisotopic (exact) mass is 1790 g/mol. The molecule has 0 N–H and O–H groups in total. The zero-order chi connectivity index (χ0) is 93.7. The van der Waals surface area contributed by atoms with Gasteiger partial charge in [-0.15, -0.1) is 0 Å². The Balaban J connectivity index is 0.000000107.